The molecule has 2 atom stereocenters. The second-order valence-electron chi connectivity index (χ2n) is 4.81. The second kappa shape index (κ2) is 4.39. The Morgan fingerprint density at radius 1 is 1.53 bits per heavy atom. The van der Waals surface area contributed by atoms with Crippen LogP contribution in [0.2, 0.25) is 0 Å². The lowest BCUT2D eigenvalue weighted by atomic mass is 10.2. The smallest absolute Gasteiger partial charge is 0.178 e. The van der Waals surface area contributed by atoms with Gasteiger partial charge in [-0.2, -0.15) is 0 Å². The van der Waals surface area contributed by atoms with E-state index < -0.39 is 0 Å². The minimum Gasteiger partial charge on any atom is -0.331 e. The van der Waals surface area contributed by atoms with E-state index >= 15 is 0 Å². The van der Waals surface area contributed by atoms with E-state index in [0.29, 0.717) is 6.04 Å². The van der Waals surface area contributed by atoms with Crippen molar-refractivity contribution in [3.05, 3.63) is 26.5 Å². The number of nitrogens with zero attached hydrogens (tertiary/aromatic N) is 1. The Bertz CT molecular complexity index is 613. The Labute approximate surface area is 120 Å². The third-order valence-corrected chi connectivity index (χ3v) is 4.52. The number of imidazole rings is 1. The minimum atomic E-state index is 0.635. The SMILES string of the molecule is CCCC1CC1n1c(=S)[nH]c2cc(I)ccc21. The van der Waals surface area contributed by atoms with Gasteiger partial charge in [0, 0.05) is 9.61 Å². The molecular weight excluding hydrogens is 343 g/mol. The molecule has 0 aliphatic heterocycles. The van der Waals surface area contributed by atoms with E-state index in [1.165, 1.54) is 33.9 Å². The summed E-state index contributed by atoms with van der Waals surface area (Å²) in [6.07, 6.45) is 3.89. The summed E-state index contributed by atoms with van der Waals surface area (Å²) in [5.41, 5.74) is 2.43. The monoisotopic (exact) mass is 358 g/mol. The lowest BCUT2D eigenvalue weighted by Gasteiger charge is -2.03. The largest absolute Gasteiger partial charge is 0.331 e. The summed E-state index contributed by atoms with van der Waals surface area (Å²) in [5, 5.41) is 0. The molecule has 0 radical (unpaired) electrons. The highest BCUT2D eigenvalue weighted by atomic mass is 127. The van der Waals surface area contributed by atoms with E-state index in [1.807, 2.05) is 0 Å². The second-order valence-corrected chi connectivity index (χ2v) is 6.45. The summed E-state index contributed by atoms with van der Waals surface area (Å²) >= 11 is 7.79. The maximum absolute atomic E-state index is 5.45. The van der Waals surface area contributed by atoms with Crippen molar-refractivity contribution < 1.29 is 0 Å². The maximum Gasteiger partial charge on any atom is 0.178 e. The summed E-state index contributed by atoms with van der Waals surface area (Å²) in [6, 6.07) is 7.14. The van der Waals surface area contributed by atoms with Crippen molar-refractivity contribution in [1.82, 2.24) is 9.55 Å². The van der Waals surface area contributed by atoms with Gasteiger partial charge >= 0.3 is 0 Å². The number of halogens is 1. The summed E-state index contributed by atoms with van der Waals surface area (Å²) < 4.78 is 4.45. The van der Waals surface area contributed by atoms with Gasteiger partial charge in [-0.3, -0.25) is 0 Å². The zero-order chi connectivity index (χ0) is 12.0. The molecule has 17 heavy (non-hydrogen) atoms. The molecule has 2 aromatic rings. The summed E-state index contributed by atoms with van der Waals surface area (Å²) in [4.78, 5) is 3.32. The van der Waals surface area contributed by atoms with Crippen molar-refractivity contribution in [1.29, 1.82) is 0 Å². The van der Waals surface area contributed by atoms with E-state index in [1.54, 1.807) is 0 Å². The van der Waals surface area contributed by atoms with Crippen LogP contribution >= 0.6 is 34.8 Å². The zero-order valence-corrected chi connectivity index (χ0v) is 12.7. The fraction of sp³-hybridized carbons (Fsp3) is 0.462. The predicted octanol–water partition coefficient (Wildman–Crippen LogP) is 4.66. The average molecular weight is 358 g/mol. The van der Waals surface area contributed by atoms with Gasteiger partial charge in [-0.05, 0) is 71.8 Å². The number of hydrogen-bond donors (Lipinski definition) is 1. The quantitative estimate of drug-likeness (QED) is 0.625. The number of fused-ring (bicyclic) bond motifs is 1. The van der Waals surface area contributed by atoms with Crippen LogP contribution in [0.4, 0.5) is 0 Å². The fourth-order valence-electron chi connectivity index (χ4n) is 2.66. The molecule has 0 saturated heterocycles. The molecule has 2 nitrogen and oxygen atoms in total. The van der Waals surface area contributed by atoms with Crippen LogP contribution in [0.3, 0.4) is 0 Å². The zero-order valence-electron chi connectivity index (χ0n) is 9.74. The molecule has 1 aromatic heterocycles. The lowest BCUT2D eigenvalue weighted by molar-refractivity contribution is 0.613. The fourth-order valence-corrected chi connectivity index (χ4v) is 3.50. The van der Waals surface area contributed by atoms with Crippen LogP contribution in [0.15, 0.2) is 18.2 Å². The first-order chi connectivity index (χ1) is 8.20. The Morgan fingerprint density at radius 3 is 3.12 bits per heavy atom. The lowest BCUT2D eigenvalue weighted by Crippen LogP contribution is -1.96. The topological polar surface area (TPSA) is 20.7 Å². The van der Waals surface area contributed by atoms with Crippen LogP contribution in [-0.2, 0) is 0 Å². The first-order valence-electron chi connectivity index (χ1n) is 6.10. The molecule has 4 heteroatoms. The highest BCUT2D eigenvalue weighted by molar-refractivity contribution is 14.1. The van der Waals surface area contributed by atoms with Gasteiger partial charge in [0.25, 0.3) is 0 Å². The van der Waals surface area contributed by atoms with Crippen molar-refractivity contribution in [2.24, 2.45) is 5.92 Å². The van der Waals surface area contributed by atoms with Gasteiger partial charge < -0.3 is 9.55 Å². The molecule has 1 aromatic carbocycles. The van der Waals surface area contributed by atoms with Crippen molar-refractivity contribution >= 4 is 45.8 Å². The van der Waals surface area contributed by atoms with E-state index in [4.69, 9.17) is 12.2 Å². The van der Waals surface area contributed by atoms with Crippen LogP contribution in [-0.4, -0.2) is 9.55 Å². The van der Waals surface area contributed by atoms with Gasteiger partial charge in [-0.15, -0.1) is 0 Å². The van der Waals surface area contributed by atoms with Crippen LogP contribution in [0.5, 0.6) is 0 Å². The van der Waals surface area contributed by atoms with Crippen molar-refractivity contribution in [2.45, 2.75) is 32.2 Å². The third-order valence-electron chi connectivity index (χ3n) is 3.55. The maximum atomic E-state index is 5.45. The van der Waals surface area contributed by atoms with Gasteiger partial charge in [-0.1, -0.05) is 13.3 Å². The minimum absolute atomic E-state index is 0.635. The Balaban J connectivity index is 2.05. The molecule has 0 amide bonds. The van der Waals surface area contributed by atoms with E-state index in [2.05, 4.69) is 57.3 Å². The number of hydrogen-bond acceptors (Lipinski definition) is 1. The van der Waals surface area contributed by atoms with Gasteiger partial charge in [0.15, 0.2) is 4.77 Å². The first kappa shape index (κ1) is 11.7. The van der Waals surface area contributed by atoms with Crippen LogP contribution in [0.25, 0.3) is 11.0 Å². The van der Waals surface area contributed by atoms with E-state index in [9.17, 15) is 0 Å². The molecule has 1 aliphatic carbocycles. The third kappa shape index (κ3) is 2.05. The summed E-state index contributed by atoms with van der Waals surface area (Å²) in [5.74, 6) is 0.838. The van der Waals surface area contributed by atoms with Gasteiger partial charge in [-0.25, -0.2) is 0 Å². The normalized spacial score (nSPS) is 23.2. The molecule has 1 heterocycles. The number of benzene rings is 1. The van der Waals surface area contributed by atoms with Crippen LogP contribution < -0.4 is 0 Å². The number of aromatic amines is 1. The Kier molecular flexibility index (Phi) is 3.02. The molecular formula is C13H15IN2S. The molecule has 1 aliphatic rings. The molecule has 1 saturated carbocycles. The highest BCUT2D eigenvalue weighted by Crippen LogP contribution is 2.47. The molecule has 3 rings (SSSR count). The number of rotatable bonds is 3. The molecule has 90 valence electrons. The highest BCUT2D eigenvalue weighted by Gasteiger charge is 2.38. The van der Waals surface area contributed by atoms with Crippen LogP contribution in [0.1, 0.15) is 32.2 Å². The number of nitrogens with one attached hydrogen (secondary N) is 1. The molecule has 1 fully saturated rings. The molecule has 0 bridgehead atoms. The van der Waals surface area contributed by atoms with Gasteiger partial charge in [0.2, 0.25) is 0 Å². The van der Waals surface area contributed by atoms with E-state index in [-0.39, 0.29) is 0 Å². The standard InChI is InChI=1S/C13H15IN2S/c1-2-3-8-6-12(8)16-11-5-4-9(14)7-10(11)15-13(16)17/h4-5,7-8,12H,2-3,6H2,1H3,(H,15,17). The molecule has 2 unspecified atom stereocenters. The molecule has 1 N–H and O–H groups in total. The summed E-state index contributed by atoms with van der Waals surface area (Å²) in [7, 11) is 0. The average Bonchev–Trinajstić information content (AvgIpc) is 2.94. The van der Waals surface area contributed by atoms with Gasteiger partial charge in [0.05, 0.1) is 11.0 Å². The van der Waals surface area contributed by atoms with Gasteiger partial charge in [0.1, 0.15) is 0 Å². The molecule has 0 spiro atoms. The van der Waals surface area contributed by atoms with Crippen LogP contribution in [0, 0.1) is 14.3 Å². The van der Waals surface area contributed by atoms with E-state index in [0.717, 1.165) is 10.7 Å². The van der Waals surface area contributed by atoms with Crippen molar-refractivity contribution in [2.75, 3.05) is 0 Å². The predicted molar refractivity (Wildman–Crippen MR) is 81.9 cm³/mol. The van der Waals surface area contributed by atoms with Crippen molar-refractivity contribution in [3.8, 4) is 0 Å². The Morgan fingerprint density at radius 2 is 2.35 bits per heavy atom. The Hall–Kier alpha value is -0.360. The number of aromatic nitrogens is 2. The first-order valence-corrected chi connectivity index (χ1v) is 7.59. The summed E-state index contributed by atoms with van der Waals surface area (Å²) in [6.45, 7) is 2.26. The number of H-pyrrole nitrogens is 1. The van der Waals surface area contributed by atoms with Crippen molar-refractivity contribution in [3.63, 3.8) is 0 Å².